The van der Waals surface area contributed by atoms with Gasteiger partial charge in [0.2, 0.25) is 10.0 Å². The lowest BCUT2D eigenvalue weighted by molar-refractivity contribution is 0.0730. The molecule has 0 bridgehead atoms. The number of oxazole rings is 1. The van der Waals surface area contributed by atoms with Gasteiger partial charge in [0.05, 0.1) is 24.3 Å². The van der Waals surface area contributed by atoms with Crippen molar-refractivity contribution in [3.05, 3.63) is 72.2 Å². The Morgan fingerprint density at radius 2 is 1.73 bits per heavy atom. The molecule has 1 aliphatic rings. The Labute approximate surface area is 174 Å². The summed E-state index contributed by atoms with van der Waals surface area (Å²) in [5.74, 6) is 0.415. The minimum atomic E-state index is -3.52. The molecule has 1 aromatic heterocycles. The van der Waals surface area contributed by atoms with Crippen LogP contribution >= 0.6 is 0 Å². The third-order valence-electron chi connectivity index (χ3n) is 4.85. The van der Waals surface area contributed by atoms with Crippen molar-refractivity contribution in [3.8, 4) is 11.3 Å². The number of morpholine rings is 1. The molecule has 30 heavy (non-hydrogen) atoms. The normalized spacial score (nSPS) is 15.1. The van der Waals surface area contributed by atoms with Crippen molar-refractivity contribution >= 4 is 15.9 Å². The summed E-state index contributed by atoms with van der Waals surface area (Å²) in [6, 6.07) is 13.6. The topological polar surface area (TPSA) is 102 Å². The molecule has 0 aliphatic carbocycles. The first kappa shape index (κ1) is 20.3. The van der Waals surface area contributed by atoms with E-state index in [1.165, 1.54) is 10.7 Å². The fraction of sp³-hybridized carbons (Fsp3) is 0.238. The monoisotopic (exact) mass is 427 g/mol. The average molecular weight is 427 g/mol. The van der Waals surface area contributed by atoms with Crippen LogP contribution in [0, 0.1) is 0 Å². The quantitative estimate of drug-likeness (QED) is 0.648. The van der Waals surface area contributed by atoms with Crippen LogP contribution in [0.3, 0.4) is 0 Å². The average Bonchev–Trinajstić information content (AvgIpc) is 3.33. The summed E-state index contributed by atoms with van der Waals surface area (Å²) in [7, 11) is -3.52. The highest BCUT2D eigenvalue weighted by atomic mass is 32.2. The summed E-state index contributed by atoms with van der Waals surface area (Å²) < 4.78 is 37.2. The van der Waals surface area contributed by atoms with Crippen molar-refractivity contribution in [1.82, 2.24) is 14.6 Å². The molecule has 0 radical (unpaired) electrons. The molecule has 4 rings (SSSR count). The fourth-order valence-corrected chi connectivity index (χ4v) is 4.55. The van der Waals surface area contributed by atoms with E-state index in [-0.39, 0.29) is 10.8 Å². The maximum absolute atomic E-state index is 12.7. The maximum Gasteiger partial charge on any atom is 0.251 e. The molecule has 156 valence electrons. The first-order valence-corrected chi connectivity index (χ1v) is 10.9. The SMILES string of the molecule is O=C(NCc1ccc(S(=O)(=O)N2CCOCC2)cc1)c1ccc(-c2cnco2)cc1. The van der Waals surface area contributed by atoms with Crippen molar-refractivity contribution in [1.29, 1.82) is 0 Å². The van der Waals surface area contributed by atoms with E-state index < -0.39 is 10.0 Å². The Bertz CT molecular complexity index is 1090. The first-order chi connectivity index (χ1) is 14.5. The summed E-state index contributed by atoms with van der Waals surface area (Å²) in [4.78, 5) is 16.5. The van der Waals surface area contributed by atoms with Crippen LogP contribution in [0.2, 0.25) is 0 Å². The second kappa shape index (κ2) is 8.78. The molecule has 0 unspecified atom stereocenters. The molecular weight excluding hydrogens is 406 g/mol. The standard InChI is InChI=1S/C21H21N3O5S/c25-21(18-5-3-17(4-6-18)20-14-22-15-29-20)23-13-16-1-7-19(8-2-16)30(26,27)24-9-11-28-12-10-24/h1-8,14-15H,9-13H2,(H,23,25). The van der Waals surface area contributed by atoms with Crippen LogP contribution in [0.5, 0.6) is 0 Å². The van der Waals surface area contributed by atoms with E-state index in [0.717, 1.165) is 11.1 Å². The molecule has 0 spiro atoms. The van der Waals surface area contributed by atoms with Crippen LogP contribution in [0.4, 0.5) is 0 Å². The van der Waals surface area contributed by atoms with Gasteiger partial charge in [-0.15, -0.1) is 0 Å². The van der Waals surface area contributed by atoms with Crippen LogP contribution in [0.15, 0.2) is 70.4 Å². The van der Waals surface area contributed by atoms with Gasteiger partial charge >= 0.3 is 0 Å². The summed E-state index contributed by atoms with van der Waals surface area (Å²) in [5, 5.41) is 2.84. The maximum atomic E-state index is 12.7. The number of sulfonamides is 1. The molecule has 1 aliphatic heterocycles. The summed E-state index contributed by atoms with van der Waals surface area (Å²) in [6.45, 7) is 1.82. The highest BCUT2D eigenvalue weighted by Crippen LogP contribution is 2.19. The molecule has 9 heteroatoms. The number of carbonyl (C=O) groups excluding carboxylic acids is 1. The highest BCUT2D eigenvalue weighted by molar-refractivity contribution is 7.89. The summed E-state index contributed by atoms with van der Waals surface area (Å²) in [6.07, 6.45) is 2.96. The number of ether oxygens (including phenoxy) is 1. The second-order valence-electron chi connectivity index (χ2n) is 6.79. The number of nitrogens with zero attached hydrogens (tertiary/aromatic N) is 2. The van der Waals surface area contributed by atoms with Gasteiger partial charge in [-0.05, 0) is 29.8 Å². The van der Waals surface area contributed by atoms with Crippen LogP contribution in [0.25, 0.3) is 11.3 Å². The number of hydrogen-bond donors (Lipinski definition) is 1. The zero-order valence-electron chi connectivity index (χ0n) is 16.2. The van der Waals surface area contributed by atoms with Crippen LogP contribution < -0.4 is 5.32 Å². The number of amides is 1. The van der Waals surface area contributed by atoms with Crippen LogP contribution in [-0.2, 0) is 21.3 Å². The Kier molecular flexibility index (Phi) is 5.93. The number of rotatable bonds is 6. The minimum Gasteiger partial charge on any atom is -0.444 e. The smallest absolute Gasteiger partial charge is 0.251 e. The van der Waals surface area contributed by atoms with Crippen molar-refractivity contribution in [2.24, 2.45) is 0 Å². The molecule has 2 heterocycles. The van der Waals surface area contributed by atoms with E-state index in [0.29, 0.717) is 44.2 Å². The van der Waals surface area contributed by atoms with Crippen molar-refractivity contribution in [3.63, 3.8) is 0 Å². The fourth-order valence-electron chi connectivity index (χ4n) is 3.14. The highest BCUT2D eigenvalue weighted by Gasteiger charge is 2.26. The Balaban J connectivity index is 1.36. The van der Waals surface area contributed by atoms with Gasteiger partial charge in [-0.25, -0.2) is 13.4 Å². The predicted molar refractivity (Wildman–Crippen MR) is 109 cm³/mol. The van der Waals surface area contributed by atoms with Crippen LogP contribution in [-0.4, -0.2) is 49.9 Å². The number of nitrogens with one attached hydrogen (secondary N) is 1. The first-order valence-electron chi connectivity index (χ1n) is 9.48. The summed E-state index contributed by atoms with van der Waals surface area (Å²) >= 11 is 0. The van der Waals surface area contributed by atoms with Gasteiger partial charge in [0.15, 0.2) is 12.2 Å². The zero-order valence-corrected chi connectivity index (χ0v) is 17.0. The van der Waals surface area contributed by atoms with E-state index in [9.17, 15) is 13.2 Å². The lowest BCUT2D eigenvalue weighted by Crippen LogP contribution is -2.40. The molecule has 1 N–H and O–H groups in total. The van der Waals surface area contributed by atoms with Gasteiger partial charge < -0.3 is 14.5 Å². The Morgan fingerprint density at radius 3 is 2.37 bits per heavy atom. The third kappa shape index (κ3) is 4.43. The summed E-state index contributed by atoms with van der Waals surface area (Å²) in [5.41, 5.74) is 2.16. The van der Waals surface area contributed by atoms with Gasteiger partial charge in [-0.1, -0.05) is 24.3 Å². The molecule has 0 atom stereocenters. The van der Waals surface area contributed by atoms with Crippen LogP contribution in [0.1, 0.15) is 15.9 Å². The lowest BCUT2D eigenvalue weighted by Gasteiger charge is -2.26. The molecular formula is C21H21N3O5S. The van der Waals surface area contributed by atoms with Gasteiger partial charge in [0.25, 0.3) is 5.91 Å². The zero-order chi connectivity index (χ0) is 21.0. The minimum absolute atomic E-state index is 0.218. The lowest BCUT2D eigenvalue weighted by atomic mass is 10.1. The van der Waals surface area contributed by atoms with E-state index in [2.05, 4.69) is 10.3 Å². The molecule has 1 fully saturated rings. The Hall–Kier alpha value is -3.01. The molecule has 1 amide bonds. The van der Waals surface area contributed by atoms with Gasteiger partial charge in [-0.3, -0.25) is 4.79 Å². The van der Waals surface area contributed by atoms with Crippen molar-refractivity contribution in [2.75, 3.05) is 26.3 Å². The number of aromatic nitrogens is 1. The molecule has 8 nitrogen and oxygen atoms in total. The van der Waals surface area contributed by atoms with E-state index in [1.807, 2.05) is 0 Å². The second-order valence-corrected chi connectivity index (χ2v) is 8.72. The van der Waals surface area contributed by atoms with Crippen molar-refractivity contribution in [2.45, 2.75) is 11.4 Å². The van der Waals surface area contributed by atoms with E-state index in [4.69, 9.17) is 9.15 Å². The van der Waals surface area contributed by atoms with E-state index >= 15 is 0 Å². The Morgan fingerprint density at radius 1 is 1.03 bits per heavy atom. The van der Waals surface area contributed by atoms with Crippen molar-refractivity contribution < 1.29 is 22.4 Å². The van der Waals surface area contributed by atoms with E-state index in [1.54, 1.807) is 54.7 Å². The number of benzene rings is 2. The molecule has 1 saturated heterocycles. The predicted octanol–water partition coefficient (Wildman–Crippen LogP) is 2.29. The van der Waals surface area contributed by atoms with Gasteiger partial charge in [0, 0.05) is 30.8 Å². The molecule has 0 saturated carbocycles. The molecule has 3 aromatic rings. The third-order valence-corrected chi connectivity index (χ3v) is 6.76. The largest absolute Gasteiger partial charge is 0.444 e. The molecule has 2 aromatic carbocycles. The van der Waals surface area contributed by atoms with Gasteiger partial charge in [-0.2, -0.15) is 4.31 Å². The number of carbonyl (C=O) groups is 1. The number of hydrogen-bond acceptors (Lipinski definition) is 6. The van der Waals surface area contributed by atoms with Gasteiger partial charge in [0.1, 0.15) is 0 Å².